The van der Waals surface area contributed by atoms with Crippen LogP contribution < -0.4 is 0 Å². The Morgan fingerprint density at radius 3 is 2.24 bits per heavy atom. The minimum Gasteiger partial charge on any atom is -0.236 e. The normalized spacial score (nSPS) is 19.4. The zero-order valence-electron chi connectivity index (χ0n) is 18.3. The molecule has 3 rings (SSSR count). The number of unbranched alkanes of at least 4 members (excludes halogenated alkanes) is 4. The second-order valence-electron chi connectivity index (χ2n) is 8.82. The number of rotatable bonds is 10. The molecule has 0 N–H and O–H groups in total. The second-order valence-corrected chi connectivity index (χ2v) is 8.82. The highest BCUT2D eigenvalue weighted by molar-refractivity contribution is 5.55. The molecule has 1 aromatic carbocycles. The summed E-state index contributed by atoms with van der Waals surface area (Å²) in [5.74, 6) is 1.75. The van der Waals surface area contributed by atoms with Gasteiger partial charge in [-0.2, -0.15) is 0 Å². The van der Waals surface area contributed by atoms with Crippen molar-refractivity contribution >= 4 is 0 Å². The summed E-state index contributed by atoms with van der Waals surface area (Å²) in [5.41, 5.74) is 2.83. The fraction of sp³-hybridized carbons (Fsp3) is 0.615. The molecule has 1 aliphatic rings. The van der Waals surface area contributed by atoms with Crippen LogP contribution in [0.4, 0.5) is 4.39 Å². The van der Waals surface area contributed by atoms with Crippen LogP contribution in [-0.2, 0) is 6.42 Å². The van der Waals surface area contributed by atoms with E-state index in [1.807, 2.05) is 24.5 Å². The number of aromatic nitrogens is 2. The first-order chi connectivity index (χ1) is 14.2. The fourth-order valence-electron chi connectivity index (χ4n) is 4.65. The van der Waals surface area contributed by atoms with E-state index in [2.05, 4.69) is 23.8 Å². The van der Waals surface area contributed by atoms with Crippen molar-refractivity contribution < 1.29 is 4.39 Å². The lowest BCUT2D eigenvalue weighted by molar-refractivity contribution is 0.299. The van der Waals surface area contributed by atoms with Gasteiger partial charge in [-0.05, 0) is 67.6 Å². The predicted molar refractivity (Wildman–Crippen MR) is 119 cm³/mol. The molecule has 0 radical (unpaired) electrons. The molecular formula is C26H37FN2. The molecular weight excluding hydrogens is 359 g/mol. The first-order valence-corrected chi connectivity index (χ1v) is 11.8. The lowest BCUT2D eigenvalue weighted by Gasteiger charge is -2.29. The SMILES string of the molecule is CCCCCc1cnc(-c2ccc([C@H]3CC[C@H](CCCCC)CC3)c(F)c2)nc1. The molecule has 0 amide bonds. The summed E-state index contributed by atoms with van der Waals surface area (Å²) >= 11 is 0. The maximum absolute atomic E-state index is 14.9. The third-order valence-electron chi connectivity index (χ3n) is 6.54. The summed E-state index contributed by atoms with van der Waals surface area (Å²) in [6, 6.07) is 5.61. The molecule has 1 saturated carbocycles. The molecule has 1 fully saturated rings. The summed E-state index contributed by atoms with van der Waals surface area (Å²) < 4.78 is 14.9. The first kappa shape index (κ1) is 21.9. The van der Waals surface area contributed by atoms with Gasteiger partial charge in [0.05, 0.1) is 0 Å². The second kappa shape index (κ2) is 11.4. The van der Waals surface area contributed by atoms with E-state index >= 15 is 0 Å². The Hall–Kier alpha value is -1.77. The quantitative estimate of drug-likeness (QED) is 0.382. The Balaban J connectivity index is 1.58. The maximum atomic E-state index is 14.9. The van der Waals surface area contributed by atoms with Crippen LogP contribution in [0.1, 0.15) is 102 Å². The van der Waals surface area contributed by atoms with Gasteiger partial charge in [-0.25, -0.2) is 14.4 Å². The van der Waals surface area contributed by atoms with Crippen LogP contribution in [-0.4, -0.2) is 9.97 Å². The number of hydrogen-bond acceptors (Lipinski definition) is 2. The average Bonchev–Trinajstić information content (AvgIpc) is 2.75. The smallest absolute Gasteiger partial charge is 0.159 e. The summed E-state index contributed by atoms with van der Waals surface area (Å²) in [4.78, 5) is 8.96. The summed E-state index contributed by atoms with van der Waals surface area (Å²) in [7, 11) is 0. The van der Waals surface area contributed by atoms with Gasteiger partial charge in [-0.3, -0.25) is 0 Å². The van der Waals surface area contributed by atoms with Gasteiger partial charge in [-0.15, -0.1) is 0 Å². The van der Waals surface area contributed by atoms with Gasteiger partial charge >= 0.3 is 0 Å². The molecule has 0 bridgehead atoms. The first-order valence-electron chi connectivity index (χ1n) is 11.8. The molecule has 0 aliphatic heterocycles. The van der Waals surface area contributed by atoms with E-state index in [0.717, 1.165) is 41.9 Å². The van der Waals surface area contributed by atoms with Gasteiger partial charge in [-0.1, -0.05) is 64.5 Å². The molecule has 0 saturated heterocycles. The van der Waals surface area contributed by atoms with Crippen LogP contribution in [0.5, 0.6) is 0 Å². The van der Waals surface area contributed by atoms with Crippen molar-refractivity contribution in [1.29, 1.82) is 0 Å². The maximum Gasteiger partial charge on any atom is 0.159 e. The molecule has 29 heavy (non-hydrogen) atoms. The highest BCUT2D eigenvalue weighted by Crippen LogP contribution is 2.39. The van der Waals surface area contributed by atoms with Crippen LogP contribution in [0, 0.1) is 11.7 Å². The molecule has 3 heteroatoms. The monoisotopic (exact) mass is 396 g/mol. The molecule has 1 aliphatic carbocycles. The van der Waals surface area contributed by atoms with E-state index in [1.54, 1.807) is 6.07 Å². The van der Waals surface area contributed by atoms with E-state index in [9.17, 15) is 4.39 Å². The van der Waals surface area contributed by atoms with Gasteiger partial charge in [0.15, 0.2) is 5.82 Å². The largest absolute Gasteiger partial charge is 0.236 e. The van der Waals surface area contributed by atoms with Crippen molar-refractivity contribution in [2.45, 2.75) is 96.8 Å². The topological polar surface area (TPSA) is 25.8 Å². The molecule has 1 aromatic heterocycles. The van der Waals surface area contributed by atoms with E-state index in [-0.39, 0.29) is 5.82 Å². The number of benzene rings is 1. The number of aryl methyl sites for hydroxylation is 1. The molecule has 0 atom stereocenters. The lowest BCUT2D eigenvalue weighted by Crippen LogP contribution is -2.14. The van der Waals surface area contributed by atoms with Crippen molar-refractivity contribution in [3.63, 3.8) is 0 Å². The van der Waals surface area contributed by atoms with Crippen LogP contribution in [0.2, 0.25) is 0 Å². The van der Waals surface area contributed by atoms with Crippen LogP contribution in [0.25, 0.3) is 11.4 Å². The summed E-state index contributed by atoms with van der Waals surface area (Å²) in [6.07, 6.45) is 18.5. The number of nitrogens with zero attached hydrogens (tertiary/aromatic N) is 2. The van der Waals surface area contributed by atoms with Crippen molar-refractivity contribution in [1.82, 2.24) is 9.97 Å². The van der Waals surface area contributed by atoms with Gasteiger partial charge < -0.3 is 0 Å². The van der Waals surface area contributed by atoms with Crippen LogP contribution in [0.3, 0.4) is 0 Å². The minimum atomic E-state index is -0.0902. The molecule has 1 heterocycles. The van der Waals surface area contributed by atoms with E-state index in [4.69, 9.17) is 0 Å². The van der Waals surface area contributed by atoms with Gasteiger partial charge in [0, 0.05) is 18.0 Å². The van der Waals surface area contributed by atoms with E-state index in [0.29, 0.717) is 11.7 Å². The fourth-order valence-corrected chi connectivity index (χ4v) is 4.65. The molecule has 2 nitrogen and oxygen atoms in total. The van der Waals surface area contributed by atoms with Gasteiger partial charge in [0.1, 0.15) is 5.82 Å². The zero-order chi connectivity index (χ0) is 20.5. The van der Waals surface area contributed by atoms with Crippen molar-refractivity contribution in [3.8, 4) is 11.4 Å². The highest BCUT2D eigenvalue weighted by Gasteiger charge is 2.24. The van der Waals surface area contributed by atoms with Crippen molar-refractivity contribution in [2.24, 2.45) is 5.92 Å². The number of hydrogen-bond donors (Lipinski definition) is 0. The molecule has 158 valence electrons. The van der Waals surface area contributed by atoms with E-state index < -0.39 is 0 Å². The Morgan fingerprint density at radius 2 is 1.59 bits per heavy atom. The molecule has 0 spiro atoms. The van der Waals surface area contributed by atoms with E-state index in [1.165, 1.54) is 57.8 Å². The third-order valence-corrected chi connectivity index (χ3v) is 6.54. The lowest BCUT2D eigenvalue weighted by atomic mass is 9.77. The standard InChI is InChI=1S/C26H37FN2/c1-3-5-7-9-20-11-13-22(14-12-20)24-16-15-23(17-25(24)27)26-28-18-21(19-29-26)10-8-6-4-2/h15-20,22H,3-14H2,1-2H3/t20-,22-. The summed E-state index contributed by atoms with van der Waals surface area (Å²) in [5, 5.41) is 0. The Bertz CT molecular complexity index is 733. The Kier molecular flexibility index (Phi) is 8.64. The van der Waals surface area contributed by atoms with Crippen LogP contribution in [0.15, 0.2) is 30.6 Å². The van der Waals surface area contributed by atoms with Crippen molar-refractivity contribution in [3.05, 3.63) is 47.5 Å². The van der Waals surface area contributed by atoms with Crippen molar-refractivity contribution in [2.75, 3.05) is 0 Å². The minimum absolute atomic E-state index is 0.0902. The third kappa shape index (κ3) is 6.35. The number of halogens is 1. The van der Waals surface area contributed by atoms with Crippen LogP contribution >= 0.6 is 0 Å². The Labute approximate surface area is 176 Å². The summed E-state index contributed by atoms with van der Waals surface area (Å²) in [6.45, 7) is 4.47. The van der Waals surface area contributed by atoms with Gasteiger partial charge in [0.2, 0.25) is 0 Å². The molecule has 2 aromatic rings. The average molecular weight is 397 g/mol. The predicted octanol–water partition coefficient (Wildman–Crippen LogP) is 7.87. The highest BCUT2D eigenvalue weighted by atomic mass is 19.1. The van der Waals surface area contributed by atoms with Gasteiger partial charge in [0.25, 0.3) is 0 Å². The zero-order valence-corrected chi connectivity index (χ0v) is 18.3. The Morgan fingerprint density at radius 1 is 0.897 bits per heavy atom. The molecule has 0 unspecified atom stereocenters.